The standard InChI is InChI=1S/C25H19N9/c1-27-25-24-23(34(32-25)20-7-6-18-14-29-31-21(18)11-20)10-19(13-28-24)22-8-9-30-33(22)15-17-4-2-16(12-26)3-5-17/h2-11,13-14H,15H2,1H3,(H,27,32)(H,29,31). The smallest absolute Gasteiger partial charge is 0.174 e. The molecular weight excluding hydrogens is 426 g/mol. The van der Waals surface area contributed by atoms with Crippen molar-refractivity contribution in [3.05, 3.63) is 84.3 Å². The third-order valence-electron chi connectivity index (χ3n) is 5.85. The van der Waals surface area contributed by atoms with Crippen molar-refractivity contribution in [2.45, 2.75) is 6.54 Å². The summed E-state index contributed by atoms with van der Waals surface area (Å²) in [5.74, 6) is 0.706. The van der Waals surface area contributed by atoms with E-state index in [4.69, 9.17) is 15.3 Å². The molecule has 2 N–H and O–H groups in total. The summed E-state index contributed by atoms with van der Waals surface area (Å²) in [6.45, 7) is 0.587. The van der Waals surface area contributed by atoms with Crippen molar-refractivity contribution in [1.82, 2.24) is 34.7 Å². The molecule has 6 aromatic rings. The Morgan fingerprint density at radius 1 is 1.06 bits per heavy atom. The van der Waals surface area contributed by atoms with Gasteiger partial charge in [0.15, 0.2) is 5.82 Å². The largest absolute Gasteiger partial charge is 0.370 e. The molecule has 164 valence electrons. The lowest BCUT2D eigenvalue weighted by atomic mass is 10.1. The van der Waals surface area contributed by atoms with Gasteiger partial charge in [-0.05, 0) is 48.0 Å². The number of nitrogens with zero attached hydrogens (tertiary/aromatic N) is 7. The zero-order chi connectivity index (χ0) is 23.1. The van der Waals surface area contributed by atoms with Crippen LogP contribution in [0, 0.1) is 11.3 Å². The van der Waals surface area contributed by atoms with Crippen LogP contribution in [0.2, 0.25) is 0 Å². The van der Waals surface area contributed by atoms with E-state index in [9.17, 15) is 0 Å². The number of pyridine rings is 1. The summed E-state index contributed by atoms with van der Waals surface area (Å²) in [5.41, 5.74) is 7.10. The van der Waals surface area contributed by atoms with Crippen molar-refractivity contribution in [2.24, 2.45) is 0 Å². The number of H-pyrrole nitrogens is 1. The number of hydrogen-bond donors (Lipinski definition) is 2. The van der Waals surface area contributed by atoms with Gasteiger partial charge < -0.3 is 5.32 Å². The maximum Gasteiger partial charge on any atom is 0.174 e. The Hall–Kier alpha value is -4.97. The lowest BCUT2D eigenvalue weighted by molar-refractivity contribution is 0.694. The summed E-state index contributed by atoms with van der Waals surface area (Å²) in [6, 6.07) is 19.8. The van der Waals surface area contributed by atoms with Crippen molar-refractivity contribution in [2.75, 3.05) is 12.4 Å². The number of nitriles is 1. The van der Waals surface area contributed by atoms with Crippen LogP contribution in [0.25, 0.3) is 38.9 Å². The molecule has 0 radical (unpaired) electrons. The van der Waals surface area contributed by atoms with E-state index in [2.05, 4.69) is 32.7 Å². The molecule has 6 rings (SSSR count). The molecule has 0 unspecified atom stereocenters. The van der Waals surface area contributed by atoms with Gasteiger partial charge >= 0.3 is 0 Å². The van der Waals surface area contributed by atoms with Crippen LogP contribution in [0.4, 0.5) is 5.82 Å². The highest BCUT2D eigenvalue weighted by atomic mass is 15.3. The van der Waals surface area contributed by atoms with Gasteiger partial charge in [-0.25, -0.2) is 9.67 Å². The van der Waals surface area contributed by atoms with Crippen LogP contribution in [0.1, 0.15) is 11.1 Å². The van der Waals surface area contributed by atoms with Gasteiger partial charge in [-0.1, -0.05) is 12.1 Å². The Kier molecular flexibility index (Phi) is 4.56. The van der Waals surface area contributed by atoms with Crippen LogP contribution in [0.5, 0.6) is 0 Å². The zero-order valence-corrected chi connectivity index (χ0v) is 18.3. The molecule has 4 aromatic heterocycles. The van der Waals surface area contributed by atoms with Crippen molar-refractivity contribution in [1.29, 1.82) is 5.26 Å². The maximum absolute atomic E-state index is 9.04. The molecule has 34 heavy (non-hydrogen) atoms. The number of nitrogens with one attached hydrogen (secondary N) is 2. The number of hydrogen-bond acceptors (Lipinski definition) is 6. The molecule has 9 heteroatoms. The molecule has 0 saturated carbocycles. The number of aromatic amines is 1. The Morgan fingerprint density at radius 3 is 2.76 bits per heavy atom. The summed E-state index contributed by atoms with van der Waals surface area (Å²) in [6.07, 6.45) is 5.43. The second-order valence-electron chi connectivity index (χ2n) is 7.93. The monoisotopic (exact) mass is 445 g/mol. The number of anilines is 1. The lowest BCUT2D eigenvalue weighted by Crippen LogP contribution is -2.04. The molecule has 0 atom stereocenters. The number of fused-ring (bicyclic) bond motifs is 2. The average molecular weight is 445 g/mol. The zero-order valence-electron chi connectivity index (χ0n) is 18.3. The van der Waals surface area contributed by atoms with Gasteiger partial charge in [0, 0.05) is 30.4 Å². The van der Waals surface area contributed by atoms with E-state index in [0.29, 0.717) is 17.9 Å². The highest BCUT2D eigenvalue weighted by molar-refractivity contribution is 5.91. The molecule has 4 heterocycles. The highest BCUT2D eigenvalue weighted by Gasteiger charge is 2.16. The Labute approximate surface area is 194 Å². The number of benzene rings is 2. The van der Waals surface area contributed by atoms with Crippen molar-refractivity contribution < 1.29 is 0 Å². The van der Waals surface area contributed by atoms with Gasteiger partial charge in [-0.3, -0.25) is 9.78 Å². The first-order valence-corrected chi connectivity index (χ1v) is 10.7. The van der Waals surface area contributed by atoms with Crippen LogP contribution in [-0.4, -0.2) is 41.8 Å². The van der Waals surface area contributed by atoms with Gasteiger partial charge in [-0.2, -0.15) is 15.5 Å². The molecule has 2 aromatic carbocycles. The van der Waals surface area contributed by atoms with Crippen LogP contribution >= 0.6 is 0 Å². The third kappa shape index (κ3) is 3.25. The van der Waals surface area contributed by atoms with Gasteiger partial charge in [0.05, 0.1) is 46.8 Å². The van der Waals surface area contributed by atoms with Crippen molar-refractivity contribution in [3.8, 4) is 23.0 Å². The fourth-order valence-corrected chi connectivity index (χ4v) is 4.12. The van der Waals surface area contributed by atoms with Crippen LogP contribution in [0.3, 0.4) is 0 Å². The fraction of sp³-hybridized carbons (Fsp3) is 0.0800. The summed E-state index contributed by atoms with van der Waals surface area (Å²) in [4.78, 5) is 4.73. The van der Waals surface area contributed by atoms with Gasteiger partial charge in [0.1, 0.15) is 5.52 Å². The lowest BCUT2D eigenvalue weighted by Gasteiger charge is -2.09. The normalized spacial score (nSPS) is 11.2. The van der Waals surface area contributed by atoms with E-state index >= 15 is 0 Å². The number of rotatable bonds is 5. The second-order valence-corrected chi connectivity index (χ2v) is 7.93. The predicted molar refractivity (Wildman–Crippen MR) is 130 cm³/mol. The minimum absolute atomic E-state index is 0.587. The summed E-state index contributed by atoms with van der Waals surface area (Å²) in [7, 11) is 1.84. The first-order valence-electron chi connectivity index (χ1n) is 10.7. The number of aromatic nitrogens is 7. The first kappa shape index (κ1) is 19.7. The quantitative estimate of drug-likeness (QED) is 0.413. The van der Waals surface area contributed by atoms with E-state index in [0.717, 1.165) is 44.4 Å². The SMILES string of the molecule is CNc1nn(-c2ccc3cn[nH]c3c2)c2cc(-c3ccnn3Cc3ccc(C#N)cc3)cnc12. The van der Waals surface area contributed by atoms with E-state index in [1.54, 1.807) is 12.4 Å². The van der Waals surface area contributed by atoms with Crippen LogP contribution in [0.15, 0.2) is 73.2 Å². The Bertz CT molecular complexity index is 1680. The maximum atomic E-state index is 9.04. The van der Waals surface area contributed by atoms with Crippen LogP contribution in [-0.2, 0) is 6.54 Å². The van der Waals surface area contributed by atoms with E-state index in [1.165, 1.54) is 0 Å². The first-order chi connectivity index (χ1) is 16.7. The Balaban J connectivity index is 1.44. The molecular formula is C25H19N9. The minimum atomic E-state index is 0.587. The van der Waals surface area contributed by atoms with E-state index in [-0.39, 0.29) is 0 Å². The van der Waals surface area contributed by atoms with Gasteiger partial charge in [0.25, 0.3) is 0 Å². The molecule has 0 spiro atoms. The molecule has 0 fully saturated rings. The molecule has 0 aliphatic rings. The van der Waals surface area contributed by atoms with E-state index < -0.39 is 0 Å². The summed E-state index contributed by atoms with van der Waals surface area (Å²) < 4.78 is 3.82. The topological polar surface area (TPSA) is 113 Å². The molecule has 0 aliphatic heterocycles. The molecule has 9 nitrogen and oxygen atoms in total. The molecule has 0 amide bonds. The third-order valence-corrected chi connectivity index (χ3v) is 5.85. The summed E-state index contributed by atoms with van der Waals surface area (Å²) in [5, 5.41) is 29.6. The fourth-order valence-electron chi connectivity index (χ4n) is 4.12. The molecule has 0 bridgehead atoms. The van der Waals surface area contributed by atoms with Gasteiger partial charge in [-0.15, -0.1) is 5.10 Å². The molecule has 0 aliphatic carbocycles. The van der Waals surface area contributed by atoms with Crippen LogP contribution < -0.4 is 5.32 Å². The molecule has 0 saturated heterocycles. The average Bonchev–Trinajstić information content (AvgIpc) is 3.62. The van der Waals surface area contributed by atoms with E-state index in [1.807, 2.05) is 71.1 Å². The minimum Gasteiger partial charge on any atom is -0.370 e. The van der Waals surface area contributed by atoms with Gasteiger partial charge in [0.2, 0.25) is 0 Å². The summed E-state index contributed by atoms with van der Waals surface area (Å²) >= 11 is 0. The predicted octanol–water partition coefficient (Wildman–Crippen LogP) is 4.12. The second kappa shape index (κ2) is 7.86. The van der Waals surface area contributed by atoms with Crippen molar-refractivity contribution >= 4 is 27.8 Å². The van der Waals surface area contributed by atoms with Crippen molar-refractivity contribution in [3.63, 3.8) is 0 Å². The Morgan fingerprint density at radius 2 is 1.94 bits per heavy atom. The highest BCUT2D eigenvalue weighted by Crippen LogP contribution is 2.29.